The first-order chi connectivity index (χ1) is 9.01. The van der Waals surface area contributed by atoms with Gasteiger partial charge in [0.2, 0.25) is 0 Å². The molecule has 0 aliphatic rings. The van der Waals surface area contributed by atoms with Crippen molar-refractivity contribution in [2.24, 2.45) is 0 Å². The minimum atomic E-state index is -3.36. The van der Waals surface area contributed by atoms with Crippen molar-refractivity contribution in [2.75, 3.05) is 18.9 Å². The van der Waals surface area contributed by atoms with Gasteiger partial charge in [0.1, 0.15) is 0 Å². The predicted octanol–water partition coefficient (Wildman–Crippen LogP) is 1.97. The third-order valence-corrected chi connectivity index (χ3v) is 5.57. The van der Waals surface area contributed by atoms with Crippen molar-refractivity contribution in [1.29, 1.82) is 0 Å². The van der Waals surface area contributed by atoms with E-state index in [9.17, 15) is 8.42 Å². The molecular weight excluding hydrogens is 330 g/mol. The summed E-state index contributed by atoms with van der Waals surface area (Å²) in [5, 5.41) is 12.2. The molecule has 0 aromatic heterocycles. The molecule has 0 aliphatic carbocycles. The summed E-state index contributed by atoms with van der Waals surface area (Å²) in [5.74, 6) is -0.00380. The van der Waals surface area contributed by atoms with Crippen LogP contribution in [0.1, 0.15) is 19.8 Å². The molecule has 1 unspecified atom stereocenters. The van der Waals surface area contributed by atoms with E-state index in [1.165, 1.54) is 0 Å². The lowest BCUT2D eigenvalue weighted by Gasteiger charge is -2.18. The molecule has 0 fully saturated rings. The van der Waals surface area contributed by atoms with Gasteiger partial charge in [-0.2, -0.15) is 0 Å². The average Bonchev–Trinajstić information content (AvgIpc) is 2.36. The summed E-state index contributed by atoms with van der Waals surface area (Å²) >= 11 is 3.26. The SMILES string of the molecule is CCCNC(CCO)CS(=O)(=O)c1ccccc1Br. The van der Waals surface area contributed by atoms with Crippen LogP contribution in [-0.2, 0) is 9.84 Å². The van der Waals surface area contributed by atoms with Gasteiger partial charge in [0, 0.05) is 17.1 Å². The van der Waals surface area contributed by atoms with Gasteiger partial charge in [-0.3, -0.25) is 0 Å². The first kappa shape index (κ1) is 16.6. The zero-order chi connectivity index (χ0) is 14.3. The summed E-state index contributed by atoms with van der Waals surface area (Å²) in [6.07, 6.45) is 1.36. The molecule has 19 heavy (non-hydrogen) atoms. The second-order valence-corrected chi connectivity index (χ2v) is 7.23. The van der Waals surface area contributed by atoms with Crippen LogP contribution in [0.25, 0.3) is 0 Å². The van der Waals surface area contributed by atoms with Gasteiger partial charge in [-0.25, -0.2) is 8.42 Å². The lowest BCUT2D eigenvalue weighted by atomic mass is 10.2. The number of halogens is 1. The predicted molar refractivity (Wildman–Crippen MR) is 80.0 cm³/mol. The Balaban J connectivity index is 2.85. The smallest absolute Gasteiger partial charge is 0.181 e. The van der Waals surface area contributed by atoms with Crippen LogP contribution in [-0.4, -0.2) is 38.5 Å². The van der Waals surface area contributed by atoms with Crippen molar-refractivity contribution in [1.82, 2.24) is 5.32 Å². The van der Waals surface area contributed by atoms with Crippen LogP contribution in [0, 0.1) is 0 Å². The molecule has 0 aliphatic heterocycles. The van der Waals surface area contributed by atoms with Crippen LogP contribution < -0.4 is 5.32 Å². The molecule has 0 radical (unpaired) electrons. The van der Waals surface area contributed by atoms with Gasteiger partial charge in [0.15, 0.2) is 9.84 Å². The van der Waals surface area contributed by atoms with Crippen molar-refractivity contribution >= 4 is 25.8 Å². The molecule has 1 aromatic carbocycles. The summed E-state index contributed by atoms with van der Waals surface area (Å²) in [6.45, 7) is 2.74. The normalized spacial score (nSPS) is 13.4. The molecule has 0 heterocycles. The van der Waals surface area contributed by atoms with E-state index in [0.29, 0.717) is 15.8 Å². The second-order valence-electron chi connectivity index (χ2n) is 4.38. The number of rotatable bonds is 8. The summed E-state index contributed by atoms with van der Waals surface area (Å²) in [6, 6.07) is 6.58. The Morgan fingerprint density at radius 2 is 2.05 bits per heavy atom. The average molecular weight is 350 g/mol. The molecule has 0 saturated heterocycles. The maximum absolute atomic E-state index is 12.3. The number of aliphatic hydroxyl groups excluding tert-OH is 1. The molecule has 0 bridgehead atoms. The number of nitrogens with one attached hydrogen (secondary N) is 1. The molecule has 0 spiro atoms. The van der Waals surface area contributed by atoms with E-state index in [-0.39, 0.29) is 18.4 Å². The van der Waals surface area contributed by atoms with Crippen LogP contribution in [0.5, 0.6) is 0 Å². The zero-order valence-electron chi connectivity index (χ0n) is 11.0. The quantitative estimate of drug-likeness (QED) is 0.752. The maximum Gasteiger partial charge on any atom is 0.181 e. The highest BCUT2D eigenvalue weighted by molar-refractivity contribution is 9.10. The zero-order valence-corrected chi connectivity index (χ0v) is 13.4. The van der Waals surface area contributed by atoms with Gasteiger partial charge in [-0.05, 0) is 47.4 Å². The fourth-order valence-corrected chi connectivity index (χ4v) is 4.47. The van der Waals surface area contributed by atoms with Crippen LogP contribution in [0.3, 0.4) is 0 Å². The summed E-state index contributed by atoms with van der Waals surface area (Å²) in [4.78, 5) is 0.302. The Labute approximate surface area is 123 Å². The van der Waals surface area contributed by atoms with Crippen LogP contribution in [0.15, 0.2) is 33.6 Å². The van der Waals surface area contributed by atoms with Crippen molar-refractivity contribution in [2.45, 2.75) is 30.7 Å². The Morgan fingerprint density at radius 1 is 1.37 bits per heavy atom. The van der Waals surface area contributed by atoms with Gasteiger partial charge < -0.3 is 10.4 Å². The Morgan fingerprint density at radius 3 is 2.63 bits per heavy atom. The number of aliphatic hydroxyl groups is 1. The molecule has 6 heteroatoms. The lowest BCUT2D eigenvalue weighted by molar-refractivity contribution is 0.269. The molecule has 1 rings (SSSR count). The van der Waals surface area contributed by atoms with Crippen molar-refractivity contribution in [3.8, 4) is 0 Å². The van der Waals surface area contributed by atoms with Crippen LogP contribution >= 0.6 is 15.9 Å². The Kier molecular flexibility index (Phi) is 6.99. The Hall–Kier alpha value is -0.430. The van der Waals surface area contributed by atoms with Gasteiger partial charge in [0.05, 0.1) is 10.6 Å². The summed E-state index contributed by atoms with van der Waals surface area (Å²) < 4.78 is 25.3. The highest BCUT2D eigenvalue weighted by atomic mass is 79.9. The highest BCUT2D eigenvalue weighted by Gasteiger charge is 2.22. The molecule has 2 N–H and O–H groups in total. The standard InChI is InChI=1S/C13H20BrNO3S/c1-2-8-15-11(7-9-16)10-19(17,18)13-6-4-3-5-12(13)14/h3-6,11,15-16H,2,7-10H2,1H3. The monoisotopic (exact) mass is 349 g/mol. The first-order valence-corrected chi connectivity index (χ1v) is 8.77. The fourth-order valence-electron chi connectivity index (χ4n) is 1.80. The van der Waals surface area contributed by atoms with Crippen molar-refractivity contribution < 1.29 is 13.5 Å². The van der Waals surface area contributed by atoms with E-state index < -0.39 is 9.84 Å². The number of hydrogen-bond donors (Lipinski definition) is 2. The summed E-state index contributed by atoms with van der Waals surface area (Å²) in [5.41, 5.74) is 0. The van der Waals surface area contributed by atoms with Crippen molar-refractivity contribution in [3.63, 3.8) is 0 Å². The molecule has 1 aromatic rings. The van der Waals surface area contributed by atoms with Crippen LogP contribution in [0.4, 0.5) is 0 Å². The molecule has 4 nitrogen and oxygen atoms in total. The van der Waals surface area contributed by atoms with E-state index in [4.69, 9.17) is 5.11 Å². The first-order valence-electron chi connectivity index (χ1n) is 6.32. The minimum absolute atomic E-state index is 0.00380. The highest BCUT2D eigenvalue weighted by Crippen LogP contribution is 2.23. The van der Waals surface area contributed by atoms with E-state index in [1.54, 1.807) is 24.3 Å². The van der Waals surface area contributed by atoms with Gasteiger partial charge in [-0.15, -0.1) is 0 Å². The lowest BCUT2D eigenvalue weighted by Crippen LogP contribution is -2.37. The topological polar surface area (TPSA) is 66.4 Å². The van der Waals surface area contributed by atoms with Gasteiger partial charge in [0.25, 0.3) is 0 Å². The van der Waals surface area contributed by atoms with Gasteiger partial charge in [-0.1, -0.05) is 19.1 Å². The molecule has 0 amide bonds. The maximum atomic E-state index is 12.3. The van der Waals surface area contributed by atoms with E-state index >= 15 is 0 Å². The molecular formula is C13H20BrNO3S. The third-order valence-electron chi connectivity index (χ3n) is 2.75. The van der Waals surface area contributed by atoms with E-state index in [1.807, 2.05) is 6.92 Å². The van der Waals surface area contributed by atoms with Crippen molar-refractivity contribution in [3.05, 3.63) is 28.7 Å². The van der Waals surface area contributed by atoms with Gasteiger partial charge >= 0.3 is 0 Å². The Bertz CT molecular complexity index is 490. The number of benzene rings is 1. The third kappa shape index (κ3) is 5.22. The second kappa shape index (κ2) is 7.99. The van der Waals surface area contributed by atoms with E-state index in [0.717, 1.165) is 13.0 Å². The largest absolute Gasteiger partial charge is 0.396 e. The molecule has 108 valence electrons. The molecule has 1 atom stereocenters. The minimum Gasteiger partial charge on any atom is -0.396 e. The fraction of sp³-hybridized carbons (Fsp3) is 0.538. The summed E-state index contributed by atoms with van der Waals surface area (Å²) in [7, 11) is -3.36. The number of sulfone groups is 1. The number of hydrogen-bond acceptors (Lipinski definition) is 4. The van der Waals surface area contributed by atoms with Crippen LogP contribution in [0.2, 0.25) is 0 Å². The van der Waals surface area contributed by atoms with E-state index in [2.05, 4.69) is 21.2 Å². The molecule has 0 saturated carbocycles.